The van der Waals surface area contributed by atoms with Crippen LogP contribution in [0.25, 0.3) is 27.7 Å². The molecule has 0 atom stereocenters. The Hall–Kier alpha value is -4.11. The number of anilines is 1. The van der Waals surface area contributed by atoms with Crippen LogP contribution in [0.3, 0.4) is 0 Å². The van der Waals surface area contributed by atoms with Crippen LogP contribution in [0.5, 0.6) is 0 Å². The van der Waals surface area contributed by atoms with Crippen LogP contribution in [0.15, 0.2) is 114 Å². The quantitative estimate of drug-likeness (QED) is 0.250. The molecule has 198 valence electrons. The Labute approximate surface area is 233 Å². The van der Waals surface area contributed by atoms with Crippen molar-refractivity contribution in [1.82, 2.24) is 4.57 Å². The van der Waals surface area contributed by atoms with Crippen LogP contribution in [-0.2, 0) is 7.05 Å². The molecule has 1 aliphatic rings. The Morgan fingerprint density at radius 1 is 0.769 bits per heavy atom. The lowest BCUT2D eigenvalue weighted by Crippen LogP contribution is -2.07. The van der Waals surface area contributed by atoms with E-state index in [1.54, 1.807) is 0 Å². The first-order valence-electron chi connectivity index (χ1n) is 14.0. The lowest BCUT2D eigenvalue weighted by Gasteiger charge is -2.17. The molecule has 0 amide bonds. The predicted molar refractivity (Wildman–Crippen MR) is 170 cm³/mol. The summed E-state index contributed by atoms with van der Waals surface area (Å²) < 4.78 is 2.34. The van der Waals surface area contributed by atoms with Gasteiger partial charge in [0.15, 0.2) is 0 Å². The highest BCUT2D eigenvalue weighted by molar-refractivity contribution is 6.10. The maximum atomic E-state index is 4.80. The molecule has 3 heteroatoms. The van der Waals surface area contributed by atoms with E-state index in [1.807, 2.05) is 0 Å². The summed E-state index contributed by atoms with van der Waals surface area (Å²) in [6.07, 6.45) is 8.78. The maximum Gasteiger partial charge on any atom is 0.0574 e. The van der Waals surface area contributed by atoms with E-state index in [1.165, 1.54) is 44.4 Å². The number of nitrogens with one attached hydrogen (secondary N) is 1. The Bertz CT molecular complexity index is 1540. The van der Waals surface area contributed by atoms with Crippen molar-refractivity contribution in [3.63, 3.8) is 0 Å². The van der Waals surface area contributed by atoms with Gasteiger partial charge in [-0.15, -0.1) is 0 Å². The Balaban J connectivity index is 1.73. The normalized spacial score (nSPS) is 13.1. The highest BCUT2D eigenvalue weighted by Gasteiger charge is 2.23. The van der Waals surface area contributed by atoms with Gasteiger partial charge in [0, 0.05) is 42.3 Å². The van der Waals surface area contributed by atoms with Gasteiger partial charge in [0.25, 0.3) is 0 Å². The summed E-state index contributed by atoms with van der Waals surface area (Å²) in [5, 5.41) is 4.82. The molecule has 1 N–H and O–H groups in total. The first-order chi connectivity index (χ1) is 18.9. The van der Waals surface area contributed by atoms with Gasteiger partial charge in [0.05, 0.1) is 11.4 Å². The van der Waals surface area contributed by atoms with Crippen molar-refractivity contribution in [2.24, 2.45) is 23.9 Å². The molecular weight excluding hydrogens is 474 g/mol. The minimum atomic E-state index is 0.540. The summed E-state index contributed by atoms with van der Waals surface area (Å²) in [5.41, 5.74) is 10.7. The molecule has 0 aliphatic heterocycles. The van der Waals surface area contributed by atoms with E-state index in [2.05, 4.69) is 148 Å². The summed E-state index contributed by atoms with van der Waals surface area (Å²) in [5.74, 6) is 1.13. The van der Waals surface area contributed by atoms with Gasteiger partial charge in [0.2, 0.25) is 0 Å². The second-order valence-electron chi connectivity index (χ2n) is 11.2. The number of benzene rings is 3. The molecule has 0 unspecified atom stereocenters. The fourth-order valence-electron chi connectivity index (χ4n) is 5.13. The van der Waals surface area contributed by atoms with E-state index in [0.29, 0.717) is 11.8 Å². The standard InChI is InChI=1S/C36H39N3/c1-25(2)23-37-30-19-15-27(16-20-30)34(28-17-21-31(22-18-28)38-24-26(3)4)35-32-13-9-10-14-33(32)39(5)36(35)29-11-7-6-8-12-29/h6-22,25-26,37H,23-24H2,1-5H3. The van der Waals surface area contributed by atoms with Gasteiger partial charge in [0.1, 0.15) is 0 Å². The third kappa shape index (κ3) is 5.83. The first kappa shape index (κ1) is 26.5. The maximum absolute atomic E-state index is 4.80. The number of nitrogens with zero attached hydrogens (tertiary/aromatic N) is 2. The van der Waals surface area contributed by atoms with Gasteiger partial charge < -0.3 is 9.88 Å². The monoisotopic (exact) mass is 513 g/mol. The SMILES string of the molecule is CC(C)CN=C1C=CC(=C(c2ccc(NCC(C)C)cc2)c2c(-c3ccccc3)n(C)c3ccccc23)C=C1. The van der Waals surface area contributed by atoms with Crippen LogP contribution < -0.4 is 5.32 Å². The molecule has 4 aromatic rings. The van der Waals surface area contributed by atoms with Crippen LogP contribution in [0.2, 0.25) is 0 Å². The second kappa shape index (κ2) is 11.7. The number of hydrogen-bond acceptors (Lipinski definition) is 2. The molecule has 0 spiro atoms. The summed E-state index contributed by atoms with van der Waals surface area (Å²) in [6.45, 7) is 10.7. The highest BCUT2D eigenvalue weighted by Crippen LogP contribution is 2.42. The molecule has 0 saturated carbocycles. The fraction of sp³-hybridized carbons (Fsp3) is 0.250. The number of rotatable bonds is 8. The zero-order chi connectivity index (χ0) is 27.4. The molecule has 0 fully saturated rings. The fourth-order valence-corrected chi connectivity index (χ4v) is 5.13. The molecule has 5 rings (SSSR count). The van der Waals surface area contributed by atoms with Crippen LogP contribution in [-0.4, -0.2) is 23.4 Å². The smallest absolute Gasteiger partial charge is 0.0574 e. The molecule has 0 radical (unpaired) electrons. The number of aryl methyl sites for hydroxylation is 1. The molecular formula is C36H39N3. The second-order valence-corrected chi connectivity index (χ2v) is 11.2. The van der Waals surface area contributed by atoms with Gasteiger partial charge in [-0.25, -0.2) is 0 Å². The molecule has 3 aromatic carbocycles. The molecule has 1 aliphatic carbocycles. The van der Waals surface area contributed by atoms with Crippen molar-refractivity contribution in [1.29, 1.82) is 0 Å². The van der Waals surface area contributed by atoms with Gasteiger partial charge in [-0.2, -0.15) is 0 Å². The number of hydrogen-bond donors (Lipinski definition) is 1. The predicted octanol–water partition coefficient (Wildman–Crippen LogP) is 8.94. The minimum Gasteiger partial charge on any atom is -0.385 e. The number of aromatic nitrogens is 1. The number of para-hydroxylation sites is 1. The lowest BCUT2D eigenvalue weighted by molar-refractivity contribution is 0.666. The van der Waals surface area contributed by atoms with Crippen LogP contribution in [0, 0.1) is 11.8 Å². The number of fused-ring (bicyclic) bond motifs is 1. The van der Waals surface area contributed by atoms with Crippen molar-refractivity contribution in [2.75, 3.05) is 18.4 Å². The van der Waals surface area contributed by atoms with E-state index < -0.39 is 0 Å². The zero-order valence-electron chi connectivity index (χ0n) is 23.8. The summed E-state index contributed by atoms with van der Waals surface area (Å²) in [4.78, 5) is 4.80. The van der Waals surface area contributed by atoms with Crippen molar-refractivity contribution in [3.8, 4) is 11.3 Å². The highest BCUT2D eigenvalue weighted by atomic mass is 15.0. The van der Waals surface area contributed by atoms with Gasteiger partial charge >= 0.3 is 0 Å². The minimum absolute atomic E-state index is 0.540. The van der Waals surface area contributed by atoms with Crippen LogP contribution >= 0.6 is 0 Å². The summed E-state index contributed by atoms with van der Waals surface area (Å²) in [7, 11) is 2.18. The average Bonchev–Trinajstić information content (AvgIpc) is 3.24. The Kier molecular flexibility index (Phi) is 7.97. The Morgan fingerprint density at radius 3 is 2.10 bits per heavy atom. The summed E-state index contributed by atoms with van der Waals surface area (Å²) >= 11 is 0. The number of allylic oxidation sites excluding steroid dienone is 5. The molecule has 39 heavy (non-hydrogen) atoms. The number of aliphatic imine (C=N–C) groups is 1. The zero-order valence-corrected chi connectivity index (χ0v) is 23.8. The third-order valence-corrected chi connectivity index (χ3v) is 7.09. The van der Waals surface area contributed by atoms with E-state index >= 15 is 0 Å². The topological polar surface area (TPSA) is 29.3 Å². The van der Waals surface area contributed by atoms with Crippen LogP contribution in [0.1, 0.15) is 38.8 Å². The third-order valence-electron chi connectivity index (χ3n) is 7.09. The van der Waals surface area contributed by atoms with Gasteiger partial charge in [-0.1, -0.05) is 101 Å². The van der Waals surface area contributed by atoms with E-state index in [-0.39, 0.29) is 0 Å². The van der Waals surface area contributed by atoms with Crippen molar-refractivity contribution < 1.29 is 0 Å². The molecule has 3 nitrogen and oxygen atoms in total. The molecule has 0 bridgehead atoms. The average molecular weight is 514 g/mol. The summed E-state index contributed by atoms with van der Waals surface area (Å²) in [6, 6.07) is 28.4. The first-order valence-corrected chi connectivity index (χ1v) is 14.0. The van der Waals surface area contributed by atoms with Crippen molar-refractivity contribution >= 4 is 27.9 Å². The largest absolute Gasteiger partial charge is 0.385 e. The lowest BCUT2D eigenvalue weighted by atomic mass is 9.87. The van der Waals surface area contributed by atoms with Crippen molar-refractivity contribution in [2.45, 2.75) is 27.7 Å². The van der Waals surface area contributed by atoms with E-state index in [0.717, 1.165) is 24.5 Å². The van der Waals surface area contributed by atoms with Crippen LogP contribution in [0.4, 0.5) is 5.69 Å². The molecule has 0 saturated heterocycles. The molecule has 1 heterocycles. The van der Waals surface area contributed by atoms with Gasteiger partial charge in [-0.05, 0) is 64.5 Å². The van der Waals surface area contributed by atoms with E-state index in [9.17, 15) is 0 Å². The molecule has 1 aromatic heterocycles. The van der Waals surface area contributed by atoms with Gasteiger partial charge in [-0.3, -0.25) is 4.99 Å². The van der Waals surface area contributed by atoms with E-state index in [4.69, 9.17) is 4.99 Å². The Morgan fingerprint density at radius 2 is 1.44 bits per heavy atom. The van der Waals surface area contributed by atoms with Crippen molar-refractivity contribution in [3.05, 3.63) is 120 Å².